The van der Waals surface area contributed by atoms with E-state index in [0.29, 0.717) is 26.3 Å². The highest BCUT2D eigenvalue weighted by atomic mass is 16.5. The summed E-state index contributed by atoms with van der Waals surface area (Å²) in [7, 11) is 1.61. The highest BCUT2D eigenvalue weighted by Gasteiger charge is 2.30. The molecule has 1 saturated heterocycles. The van der Waals surface area contributed by atoms with E-state index in [1.165, 1.54) is 0 Å². The van der Waals surface area contributed by atoms with Crippen molar-refractivity contribution in [3.63, 3.8) is 0 Å². The second kappa shape index (κ2) is 6.44. The van der Waals surface area contributed by atoms with E-state index in [1.54, 1.807) is 12.0 Å². The maximum absolute atomic E-state index is 11.8. The topological polar surface area (TPSA) is 76.1 Å². The minimum atomic E-state index is -1.02. The van der Waals surface area contributed by atoms with Gasteiger partial charge in [0.2, 0.25) is 0 Å². The third-order valence-electron chi connectivity index (χ3n) is 2.40. The van der Waals surface area contributed by atoms with Crippen LogP contribution in [0.15, 0.2) is 0 Å². The van der Waals surface area contributed by atoms with Crippen LogP contribution in [0.1, 0.15) is 12.8 Å². The number of hydrogen-bond acceptors (Lipinski definition) is 4. The SMILES string of the molecule is COCCCN1CCOC(CC(=O)O)C1=O. The fraction of sp³-hybridized carbons (Fsp3) is 0.800. The molecule has 1 unspecified atom stereocenters. The van der Waals surface area contributed by atoms with E-state index in [-0.39, 0.29) is 12.3 Å². The molecule has 1 N–H and O–H groups in total. The first kappa shape index (κ1) is 12.9. The number of hydrogen-bond donors (Lipinski definition) is 1. The fourth-order valence-corrected chi connectivity index (χ4v) is 1.62. The largest absolute Gasteiger partial charge is 0.481 e. The minimum Gasteiger partial charge on any atom is -0.481 e. The average molecular weight is 231 g/mol. The number of carbonyl (C=O) groups is 2. The second-order valence-corrected chi connectivity index (χ2v) is 3.63. The van der Waals surface area contributed by atoms with E-state index in [2.05, 4.69) is 0 Å². The van der Waals surface area contributed by atoms with Crippen LogP contribution in [-0.2, 0) is 19.1 Å². The number of morpholine rings is 1. The normalized spacial score (nSPS) is 21.2. The van der Waals surface area contributed by atoms with Gasteiger partial charge in [0.1, 0.15) is 6.10 Å². The van der Waals surface area contributed by atoms with Crippen molar-refractivity contribution in [3.8, 4) is 0 Å². The van der Waals surface area contributed by atoms with E-state index in [9.17, 15) is 9.59 Å². The van der Waals surface area contributed by atoms with Crippen LogP contribution >= 0.6 is 0 Å². The predicted molar refractivity (Wildman–Crippen MR) is 55.1 cm³/mol. The maximum Gasteiger partial charge on any atom is 0.306 e. The summed E-state index contributed by atoms with van der Waals surface area (Å²) in [5.41, 5.74) is 0. The molecular weight excluding hydrogens is 214 g/mol. The van der Waals surface area contributed by atoms with E-state index < -0.39 is 12.1 Å². The molecule has 1 fully saturated rings. The van der Waals surface area contributed by atoms with E-state index in [0.717, 1.165) is 6.42 Å². The standard InChI is InChI=1S/C10H17NO5/c1-15-5-2-3-11-4-6-16-8(10(11)14)7-9(12)13/h8H,2-7H2,1H3,(H,12,13). The molecule has 6 nitrogen and oxygen atoms in total. The van der Waals surface area contributed by atoms with Crippen LogP contribution in [0.25, 0.3) is 0 Å². The van der Waals surface area contributed by atoms with E-state index in [1.807, 2.05) is 0 Å². The quantitative estimate of drug-likeness (QED) is 0.636. The summed E-state index contributed by atoms with van der Waals surface area (Å²) in [6.07, 6.45) is -0.337. The van der Waals surface area contributed by atoms with Gasteiger partial charge in [-0.05, 0) is 6.42 Å². The molecule has 0 aromatic carbocycles. The van der Waals surface area contributed by atoms with Gasteiger partial charge in [-0.25, -0.2) is 0 Å². The van der Waals surface area contributed by atoms with Gasteiger partial charge in [-0.15, -0.1) is 0 Å². The third-order valence-corrected chi connectivity index (χ3v) is 2.40. The summed E-state index contributed by atoms with van der Waals surface area (Å²) in [5.74, 6) is -1.25. The Morgan fingerprint density at radius 3 is 3.06 bits per heavy atom. The Morgan fingerprint density at radius 1 is 1.69 bits per heavy atom. The van der Waals surface area contributed by atoms with Crippen LogP contribution in [0.2, 0.25) is 0 Å². The number of rotatable bonds is 6. The van der Waals surface area contributed by atoms with Gasteiger partial charge >= 0.3 is 5.97 Å². The third kappa shape index (κ3) is 3.79. The first-order valence-corrected chi connectivity index (χ1v) is 5.26. The zero-order valence-corrected chi connectivity index (χ0v) is 9.35. The van der Waals surface area contributed by atoms with Crippen molar-refractivity contribution in [2.24, 2.45) is 0 Å². The van der Waals surface area contributed by atoms with Crippen LogP contribution in [-0.4, -0.2) is 61.4 Å². The van der Waals surface area contributed by atoms with Crippen molar-refractivity contribution in [1.29, 1.82) is 0 Å². The molecule has 1 amide bonds. The zero-order chi connectivity index (χ0) is 12.0. The number of carbonyl (C=O) groups excluding carboxylic acids is 1. The zero-order valence-electron chi connectivity index (χ0n) is 9.35. The first-order chi connectivity index (χ1) is 7.65. The monoisotopic (exact) mass is 231 g/mol. The molecule has 16 heavy (non-hydrogen) atoms. The van der Waals surface area contributed by atoms with Crippen LogP contribution in [0, 0.1) is 0 Å². The number of aliphatic carboxylic acids is 1. The molecule has 0 bridgehead atoms. The van der Waals surface area contributed by atoms with Gasteiger partial charge in [-0.1, -0.05) is 0 Å². The van der Waals surface area contributed by atoms with Gasteiger partial charge in [-0.2, -0.15) is 0 Å². The molecule has 1 atom stereocenters. The van der Waals surface area contributed by atoms with Gasteiger partial charge in [0.25, 0.3) is 5.91 Å². The molecule has 0 aromatic rings. The lowest BCUT2D eigenvalue weighted by Crippen LogP contribution is -2.48. The Balaban J connectivity index is 2.40. The minimum absolute atomic E-state index is 0.232. The lowest BCUT2D eigenvalue weighted by Gasteiger charge is -2.31. The Morgan fingerprint density at radius 2 is 2.44 bits per heavy atom. The van der Waals surface area contributed by atoms with Gasteiger partial charge in [0.05, 0.1) is 13.0 Å². The summed E-state index contributed by atoms with van der Waals surface area (Å²) >= 11 is 0. The van der Waals surface area contributed by atoms with Crippen molar-refractivity contribution in [2.75, 3.05) is 33.4 Å². The molecule has 1 aliphatic rings. The average Bonchev–Trinajstić information content (AvgIpc) is 2.23. The van der Waals surface area contributed by atoms with Crippen LogP contribution in [0.5, 0.6) is 0 Å². The van der Waals surface area contributed by atoms with Crippen LogP contribution < -0.4 is 0 Å². The number of methoxy groups -OCH3 is 1. The molecule has 1 rings (SSSR count). The fourth-order valence-electron chi connectivity index (χ4n) is 1.62. The van der Waals surface area contributed by atoms with Crippen molar-refractivity contribution < 1.29 is 24.2 Å². The number of nitrogens with zero attached hydrogens (tertiary/aromatic N) is 1. The Bertz CT molecular complexity index is 256. The Kier molecular flexibility index (Phi) is 5.21. The summed E-state index contributed by atoms with van der Waals surface area (Å²) < 4.78 is 10.0. The summed E-state index contributed by atoms with van der Waals surface area (Å²) in [6, 6.07) is 0. The summed E-state index contributed by atoms with van der Waals surface area (Å²) in [6.45, 7) is 2.11. The molecule has 0 saturated carbocycles. The molecule has 1 heterocycles. The van der Waals surface area contributed by atoms with Gasteiger partial charge in [-0.3, -0.25) is 9.59 Å². The first-order valence-electron chi connectivity index (χ1n) is 5.26. The lowest BCUT2D eigenvalue weighted by molar-refractivity contribution is -0.159. The van der Waals surface area contributed by atoms with Gasteiger partial charge in [0, 0.05) is 26.8 Å². The predicted octanol–water partition coefficient (Wildman–Crippen LogP) is -0.275. The number of carboxylic acid groups (broad SMARTS) is 1. The van der Waals surface area contributed by atoms with Crippen molar-refractivity contribution in [1.82, 2.24) is 4.90 Å². The molecule has 0 aromatic heterocycles. The molecular formula is C10H17NO5. The van der Waals surface area contributed by atoms with Crippen LogP contribution in [0.3, 0.4) is 0 Å². The van der Waals surface area contributed by atoms with E-state index >= 15 is 0 Å². The van der Waals surface area contributed by atoms with E-state index in [4.69, 9.17) is 14.6 Å². The molecule has 1 aliphatic heterocycles. The molecule has 0 spiro atoms. The smallest absolute Gasteiger partial charge is 0.306 e. The number of ether oxygens (including phenoxy) is 2. The number of carboxylic acids is 1. The van der Waals surface area contributed by atoms with Crippen molar-refractivity contribution in [2.45, 2.75) is 18.9 Å². The number of amides is 1. The molecule has 6 heteroatoms. The molecule has 92 valence electrons. The highest BCUT2D eigenvalue weighted by Crippen LogP contribution is 2.10. The summed E-state index contributed by atoms with van der Waals surface area (Å²) in [4.78, 5) is 23.9. The second-order valence-electron chi connectivity index (χ2n) is 3.63. The summed E-state index contributed by atoms with van der Waals surface area (Å²) in [5, 5.41) is 8.61. The molecule has 0 aliphatic carbocycles. The van der Waals surface area contributed by atoms with Gasteiger partial charge in [0.15, 0.2) is 0 Å². The lowest BCUT2D eigenvalue weighted by atomic mass is 10.2. The van der Waals surface area contributed by atoms with Crippen molar-refractivity contribution >= 4 is 11.9 Å². The van der Waals surface area contributed by atoms with Gasteiger partial charge < -0.3 is 19.5 Å². The van der Waals surface area contributed by atoms with Crippen molar-refractivity contribution in [3.05, 3.63) is 0 Å². The Labute approximate surface area is 94.1 Å². The highest BCUT2D eigenvalue weighted by molar-refractivity contribution is 5.85. The van der Waals surface area contributed by atoms with Crippen LogP contribution in [0.4, 0.5) is 0 Å². The Hall–Kier alpha value is -1.14. The maximum atomic E-state index is 11.8. The molecule has 0 radical (unpaired) electrons.